The molecule has 1 aliphatic heterocycles. The van der Waals surface area contributed by atoms with Crippen LogP contribution >= 0.6 is 11.8 Å². The number of anilines is 1. The minimum Gasteiger partial charge on any atom is -0.396 e. The molecule has 0 spiro atoms. The van der Waals surface area contributed by atoms with Crippen molar-refractivity contribution in [2.45, 2.75) is 43.7 Å². The molecule has 0 fully saturated rings. The average Bonchev–Trinajstić information content (AvgIpc) is 3.32. The van der Waals surface area contributed by atoms with E-state index in [0.29, 0.717) is 24.5 Å². The zero-order valence-corrected chi connectivity index (χ0v) is 16.0. The molecule has 0 atom stereocenters. The van der Waals surface area contributed by atoms with Crippen molar-refractivity contribution in [1.29, 1.82) is 0 Å². The van der Waals surface area contributed by atoms with Crippen molar-refractivity contribution in [3.63, 3.8) is 0 Å². The first-order valence-corrected chi connectivity index (χ1v) is 10.4. The monoisotopic (exact) mass is 385 g/mol. The summed E-state index contributed by atoms with van der Waals surface area (Å²) < 4.78 is 1.70. The second-order valence-electron chi connectivity index (χ2n) is 6.92. The number of nitrogens with zero attached hydrogens (tertiary/aromatic N) is 3. The van der Waals surface area contributed by atoms with Crippen LogP contribution in [0.4, 0.5) is 5.69 Å². The van der Waals surface area contributed by atoms with Crippen LogP contribution in [0.1, 0.15) is 29.7 Å². The third-order valence-electron chi connectivity index (χ3n) is 5.26. The number of aliphatic hydroxyl groups is 1. The molecule has 1 aromatic carbocycles. The van der Waals surface area contributed by atoms with Gasteiger partial charge in [-0.25, -0.2) is 4.79 Å². The summed E-state index contributed by atoms with van der Waals surface area (Å²) >= 11 is 1.38. The summed E-state index contributed by atoms with van der Waals surface area (Å²) in [5.41, 5.74) is 4.07. The smallest absolute Gasteiger partial charge is 0.348 e. The van der Waals surface area contributed by atoms with E-state index in [1.165, 1.54) is 17.3 Å². The van der Waals surface area contributed by atoms with E-state index in [1.807, 2.05) is 23.1 Å². The van der Waals surface area contributed by atoms with Gasteiger partial charge in [0.2, 0.25) is 5.91 Å². The Morgan fingerprint density at radius 1 is 1.22 bits per heavy atom. The fourth-order valence-corrected chi connectivity index (χ4v) is 4.92. The van der Waals surface area contributed by atoms with Crippen LogP contribution in [0.3, 0.4) is 0 Å². The zero-order chi connectivity index (χ0) is 18.8. The first kappa shape index (κ1) is 18.3. The minimum atomic E-state index is -0.273. The van der Waals surface area contributed by atoms with Crippen molar-refractivity contribution < 1.29 is 9.90 Å². The molecule has 1 N–H and O–H groups in total. The highest BCUT2D eigenvalue weighted by Crippen LogP contribution is 2.31. The molecule has 1 aliphatic carbocycles. The van der Waals surface area contributed by atoms with Crippen molar-refractivity contribution in [2.24, 2.45) is 0 Å². The number of aliphatic hydroxyl groups excluding tert-OH is 1. The van der Waals surface area contributed by atoms with E-state index in [2.05, 4.69) is 11.1 Å². The topological polar surface area (TPSA) is 75.4 Å². The van der Waals surface area contributed by atoms with E-state index in [4.69, 9.17) is 5.11 Å². The van der Waals surface area contributed by atoms with Gasteiger partial charge >= 0.3 is 5.69 Å². The van der Waals surface area contributed by atoms with Crippen LogP contribution in [0.15, 0.2) is 34.1 Å². The molecule has 1 aromatic heterocycles. The molecule has 142 valence electrons. The molecule has 0 saturated heterocycles. The summed E-state index contributed by atoms with van der Waals surface area (Å²) in [7, 11) is 0. The molecule has 0 unspecified atom stereocenters. The summed E-state index contributed by atoms with van der Waals surface area (Å²) in [6.45, 7) is 1.27. The fraction of sp³-hybridized carbons (Fsp3) is 0.450. The van der Waals surface area contributed by atoms with Crippen LogP contribution in [0.2, 0.25) is 0 Å². The van der Waals surface area contributed by atoms with Crippen molar-refractivity contribution in [3.05, 3.63) is 51.6 Å². The third-order valence-corrected chi connectivity index (χ3v) is 6.26. The number of hydrogen-bond donors (Lipinski definition) is 1. The molecule has 27 heavy (non-hydrogen) atoms. The van der Waals surface area contributed by atoms with E-state index < -0.39 is 0 Å². The molecule has 2 aromatic rings. The summed E-state index contributed by atoms with van der Waals surface area (Å²) in [5, 5.41) is 9.76. The van der Waals surface area contributed by atoms with Gasteiger partial charge in [-0.3, -0.25) is 9.36 Å². The highest BCUT2D eigenvalue weighted by atomic mass is 32.2. The Bertz CT molecular complexity index is 925. The zero-order valence-electron chi connectivity index (χ0n) is 15.2. The SMILES string of the molecule is O=C(CSc1nc(=O)n(CCCO)c2c1CCC2)N1CCc2ccccc21. The fourth-order valence-electron chi connectivity index (χ4n) is 3.97. The van der Waals surface area contributed by atoms with Crippen molar-refractivity contribution >= 4 is 23.4 Å². The van der Waals surface area contributed by atoms with Crippen LogP contribution in [-0.4, -0.2) is 39.5 Å². The summed E-state index contributed by atoms with van der Waals surface area (Å²) in [6.07, 6.45) is 4.19. The number of amides is 1. The number of carbonyl (C=O) groups is 1. The van der Waals surface area contributed by atoms with Gasteiger partial charge in [0, 0.05) is 36.6 Å². The van der Waals surface area contributed by atoms with Crippen molar-refractivity contribution in [3.8, 4) is 0 Å². The summed E-state index contributed by atoms with van der Waals surface area (Å²) in [6, 6.07) is 8.01. The second kappa shape index (κ2) is 7.86. The van der Waals surface area contributed by atoms with E-state index in [1.54, 1.807) is 4.57 Å². The van der Waals surface area contributed by atoms with E-state index >= 15 is 0 Å². The Kier molecular flexibility index (Phi) is 5.31. The van der Waals surface area contributed by atoms with E-state index in [9.17, 15) is 9.59 Å². The quantitative estimate of drug-likeness (QED) is 0.606. The Balaban J connectivity index is 1.51. The first-order valence-electron chi connectivity index (χ1n) is 9.43. The van der Waals surface area contributed by atoms with Gasteiger partial charge in [-0.2, -0.15) is 4.98 Å². The number of benzene rings is 1. The molecule has 4 rings (SSSR count). The highest BCUT2D eigenvalue weighted by molar-refractivity contribution is 8.00. The second-order valence-corrected chi connectivity index (χ2v) is 7.88. The molecule has 0 radical (unpaired) electrons. The van der Waals surface area contributed by atoms with Gasteiger partial charge in [-0.1, -0.05) is 30.0 Å². The van der Waals surface area contributed by atoms with Crippen LogP contribution in [0, 0.1) is 0 Å². The molecular weight excluding hydrogens is 362 g/mol. The van der Waals surface area contributed by atoms with Gasteiger partial charge in [-0.15, -0.1) is 0 Å². The number of fused-ring (bicyclic) bond motifs is 2. The number of aromatic nitrogens is 2. The first-order chi connectivity index (χ1) is 13.2. The maximum Gasteiger partial charge on any atom is 0.348 e. The third kappa shape index (κ3) is 3.53. The number of rotatable bonds is 6. The van der Waals surface area contributed by atoms with Gasteiger partial charge in [0.15, 0.2) is 0 Å². The van der Waals surface area contributed by atoms with Gasteiger partial charge in [-0.05, 0) is 43.7 Å². The Labute approximate surface area is 162 Å². The number of thioether (sulfide) groups is 1. The summed E-state index contributed by atoms with van der Waals surface area (Å²) in [4.78, 5) is 31.3. The average molecular weight is 385 g/mol. The number of carbonyl (C=O) groups excluding carboxylic acids is 1. The predicted octanol–water partition coefficient (Wildman–Crippen LogP) is 1.80. The molecule has 0 bridgehead atoms. The van der Waals surface area contributed by atoms with E-state index in [-0.39, 0.29) is 24.0 Å². The van der Waals surface area contributed by atoms with Crippen LogP contribution < -0.4 is 10.6 Å². The standard InChI is InChI=1S/C20H23N3O3S/c24-12-4-10-23-17-8-3-6-15(17)19(21-20(23)26)27-13-18(25)22-11-9-14-5-1-2-7-16(14)22/h1-2,5,7,24H,3-4,6,8-13H2. The number of hydrogen-bond acceptors (Lipinski definition) is 5. The normalized spacial score (nSPS) is 15.1. The largest absolute Gasteiger partial charge is 0.396 e. The lowest BCUT2D eigenvalue weighted by Crippen LogP contribution is -2.31. The maximum absolute atomic E-state index is 12.7. The van der Waals surface area contributed by atoms with Crippen LogP contribution in [0.25, 0.3) is 0 Å². The lowest BCUT2D eigenvalue weighted by molar-refractivity contribution is -0.116. The minimum absolute atomic E-state index is 0.0583. The maximum atomic E-state index is 12.7. The van der Waals surface area contributed by atoms with Gasteiger partial charge < -0.3 is 10.0 Å². The molecule has 1 amide bonds. The molecule has 2 aliphatic rings. The van der Waals surface area contributed by atoms with Crippen molar-refractivity contribution in [2.75, 3.05) is 23.8 Å². The number of para-hydroxylation sites is 1. The van der Waals surface area contributed by atoms with Gasteiger partial charge in [0.25, 0.3) is 0 Å². The Hall–Kier alpha value is -2.12. The lowest BCUT2D eigenvalue weighted by atomic mass is 10.2. The molecule has 6 nitrogen and oxygen atoms in total. The summed E-state index contributed by atoms with van der Waals surface area (Å²) in [5.74, 6) is 0.344. The lowest BCUT2D eigenvalue weighted by Gasteiger charge is -2.18. The van der Waals surface area contributed by atoms with Gasteiger partial charge in [0.05, 0.1) is 5.75 Å². The molecule has 2 heterocycles. The molecular formula is C20H23N3O3S. The van der Waals surface area contributed by atoms with E-state index in [0.717, 1.165) is 42.6 Å². The Morgan fingerprint density at radius 2 is 2.07 bits per heavy atom. The molecule has 7 heteroatoms. The predicted molar refractivity (Wildman–Crippen MR) is 105 cm³/mol. The molecule has 0 saturated carbocycles. The Morgan fingerprint density at radius 3 is 2.93 bits per heavy atom. The van der Waals surface area contributed by atoms with Crippen LogP contribution in [-0.2, 0) is 30.6 Å². The van der Waals surface area contributed by atoms with Crippen LogP contribution in [0.5, 0.6) is 0 Å². The van der Waals surface area contributed by atoms with Crippen molar-refractivity contribution in [1.82, 2.24) is 9.55 Å². The highest BCUT2D eigenvalue weighted by Gasteiger charge is 2.26. The van der Waals surface area contributed by atoms with Gasteiger partial charge in [0.1, 0.15) is 5.03 Å².